The molecule has 1 saturated carbocycles. The molecule has 2 aliphatic rings. The van der Waals surface area contributed by atoms with E-state index in [-0.39, 0.29) is 12.0 Å². The SMILES string of the molecule is COc1ccc(NC(=O)C(C(C)C)N2C(=O)c3ccccc3C2=O)cc1OC1CCCC1. The Labute approximate surface area is 187 Å². The Bertz CT molecular complexity index is 1010. The van der Waals surface area contributed by atoms with E-state index >= 15 is 0 Å². The molecule has 0 radical (unpaired) electrons. The first-order chi connectivity index (χ1) is 15.4. The molecule has 1 fully saturated rings. The average Bonchev–Trinajstić information content (AvgIpc) is 3.37. The zero-order valence-electron chi connectivity index (χ0n) is 18.6. The van der Waals surface area contributed by atoms with Crippen molar-refractivity contribution in [2.45, 2.75) is 51.7 Å². The molecule has 2 aromatic carbocycles. The third-order valence-corrected chi connectivity index (χ3v) is 6.03. The van der Waals surface area contributed by atoms with Crippen LogP contribution in [0.2, 0.25) is 0 Å². The highest BCUT2D eigenvalue weighted by Crippen LogP contribution is 2.34. The first-order valence-electron chi connectivity index (χ1n) is 11.0. The molecule has 2 aromatic rings. The minimum atomic E-state index is -0.941. The monoisotopic (exact) mass is 436 g/mol. The van der Waals surface area contributed by atoms with Crippen LogP contribution in [0.25, 0.3) is 0 Å². The molecule has 4 rings (SSSR count). The minimum absolute atomic E-state index is 0.136. The van der Waals surface area contributed by atoms with Crippen LogP contribution in [-0.2, 0) is 4.79 Å². The molecule has 3 amide bonds. The lowest BCUT2D eigenvalue weighted by molar-refractivity contribution is -0.121. The van der Waals surface area contributed by atoms with Crippen LogP contribution in [0, 0.1) is 5.92 Å². The molecule has 1 aliphatic heterocycles. The maximum atomic E-state index is 13.3. The molecule has 168 valence electrons. The van der Waals surface area contributed by atoms with E-state index in [9.17, 15) is 14.4 Å². The molecule has 0 spiro atoms. The summed E-state index contributed by atoms with van der Waals surface area (Å²) in [6.07, 6.45) is 4.40. The lowest BCUT2D eigenvalue weighted by Crippen LogP contribution is -2.50. The third-order valence-electron chi connectivity index (χ3n) is 6.03. The Morgan fingerprint density at radius 2 is 1.62 bits per heavy atom. The summed E-state index contributed by atoms with van der Waals surface area (Å²) in [7, 11) is 1.58. The van der Waals surface area contributed by atoms with Gasteiger partial charge in [-0.15, -0.1) is 0 Å². The predicted octanol–water partition coefficient (Wildman–Crippen LogP) is 4.28. The molecule has 1 aliphatic carbocycles. The largest absolute Gasteiger partial charge is 0.493 e. The van der Waals surface area contributed by atoms with Gasteiger partial charge in [0.05, 0.1) is 24.3 Å². The number of carbonyl (C=O) groups is 3. The number of ether oxygens (including phenoxy) is 2. The van der Waals surface area contributed by atoms with Crippen molar-refractivity contribution in [2.75, 3.05) is 12.4 Å². The van der Waals surface area contributed by atoms with Gasteiger partial charge in [0.25, 0.3) is 11.8 Å². The lowest BCUT2D eigenvalue weighted by atomic mass is 10.0. The number of anilines is 1. The summed E-state index contributed by atoms with van der Waals surface area (Å²) in [5, 5.41) is 2.86. The predicted molar refractivity (Wildman–Crippen MR) is 120 cm³/mol. The van der Waals surface area contributed by atoms with Crippen LogP contribution in [0.15, 0.2) is 42.5 Å². The Balaban J connectivity index is 1.56. The molecule has 32 heavy (non-hydrogen) atoms. The highest BCUT2D eigenvalue weighted by atomic mass is 16.5. The van der Waals surface area contributed by atoms with E-state index in [4.69, 9.17) is 9.47 Å². The number of imide groups is 1. The summed E-state index contributed by atoms with van der Waals surface area (Å²) in [5.74, 6) is -0.426. The second kappa shape index (κ2) is 9.02. The number of carbonyl (C=O) groups excluding carboxylic acids is 3. The van der Waals surface area contributed by atoms with Crippen LogP contribution in [0.5, 0.6) is 11.5 Å². The first-order valence-corrected chi connectivity index (χ1v) is 11.0. The zero-order valence-corrected chi connectivity index (χ0v) is 18.6. The standard InChI is InChI=1S/C25H28N2O5/c1-15(2)22(27-24(29)18-10-6-7-11-19(18)25(27)30)23(28)26-16-12-13-20(31-3)21(14-16)32-17-8-4-5-9-17/h6-7,10-15,17,22H,4-5,8-9H2,1-3H3,(H,26,28). The van der Waals surface area contributed by atoms with E-state index in [2.05, 4.69) is 5.32 Å². The van der Waals surface area contributed by atoms with E-state index < -0.39 is 23.8 Å². The van der Waals surface area contributed by atoms with Crippen molar-refractivity contribution in [3.8, 4) is 11.5 Å². The second-order valence-electron chi connectivity index (χ2n) is 8.59. The number of hydrogen-bond acceptors (Lipinski definition) is 5. The number of hydrogen-bond donors (Lipinski definition) is 1. The molecule has 1 heterocycles. The van der Waals surface area contributed by atoms with Gasteiger partial charge in [-0.25, -0.2) is 0 Å². The van der Waals surface area contributed by atoms with Gasteiger partial charge in [0.1, 0.15) is 6.04 Å². The number of benzene rings is 2. The molecule has 0 saturated heterocycles. The molecule has 1 atom stereocenters. The van der Waals surface area contributed by atoms with Crippen LogP contribution < -0.4 is 14.8 Å². The fourth-order valence-corrected chi connectivity index (χ4v) is 4.43. The zero-order chi connectivity index (χ0) is 22.8. The van der Waals surface area contributed by atoms with Gasteiger partial charge in [0.15, 0.2) is 11.5 Å². The molecular formula is C25H28N2O5. The van der Waals surface area contributed by atoms with E-state index in [0.29, 0.717) is 28.3 Å². The third kappa shape index (κ3) is 4.07. The topological polar surface area (TPSA) is 84.9 Å². The summed E-state index contributed by atoms with van der Waals surface area (Å²) in [5.41, 5.74) is 1.17. The number of rotatable bonds is 7. The van der Waals surface area contributed by atoms with Gasteiger partial charge in [-0.3, -0.25) is 19.3 Å². The lowest BCUT2D eigenvalue weighted by Gasteiger charge is -2.28. The molecule has 1 unspecified atom stereocenters. The van der Waals surface area contributed by atoms with Crippen molar-refractivity contribution in [3.63, 3.8) is 0 Å². The van der Waals surface area contributed by atoms with Gasteiger partial charge in [-0.05, 0) is 55.9 Å². The van der Waals surface area contributed by atoms with Crippen molar-refractivity contribution < 1.29 is 23.9 Å². The van der Waals surface area contributed by atoms with Crippen LogP contribution in [0.4, 0.5) is 5.69 Å². The van der Waals surface area contributed by atoms with Crippen LogP contribution >= 0.6 is 0 Å². The summed E-state index contributed by atoms with van der Waals surface area (Å²) < 4.78 is 11.5. The minimum Gasteiger partial charge on any atom is -0.493 e. The van der Waals surface area contributed by atoms with Crippen molar-refractivity contribution in [2.24, 2.45) is 5.92 Å². The highest BCUT2D eigenvalue weighted by Gasteiger charge is 2.43. The maximum absolute atomic E-state index is 13.3. The molecule has 7 nitrogen and oxygen atoms in total. The van der Waals surface area contributed by atoms with Crippen molar-refractivity contribution >= 4 is 23.4 Å². The van der Waals surface area contributed by atoms with Gasteiger partial charge in [-0.2, -0.15) is 0 Å². The number of nitrogens with one attached hydrogen (secondary N) is 1. The van der Waals surface area contributed by atoms with Gasteiger partial charge < -0.3 is 14.8 Å². The normalized spacial score (nSPS) is 16.9. The number of nitrogens with zero attached hydrogens (tertiary/aromatic N) is 1. The van der Waals surface area contributed by atoms with Crippen LogP contribution in [0.3, 0.4) is 0 Å². The van der Waals surface area contributed by atoms with Gasteiger partial charge in [-0.1, -0.05) is 26.0 Å². The van der Waals surface area contributed by atoms with E-state index in [1.54, 1.807) is 49.6 Å². The van der Waals surface area contributed by atoms with E-state index in [0.717, 1.165) is 30.6 Å². The number of methoxy groups -OCH3 is 1. The van der Waals surface area contributed by atoms with Crippen LogP contribution in [-0.4, -0.2) is 41.9 Å². The van der Waals surface area contributed by atoms with E-state index in [1.807, 2.05) is 13.8 Å². The molecule has 1 N–H and O–H groups in total. The second-order valence-corrected chi connectivity index (χ2v) is 8.59. The van der Waals surface area contributed by atoms with Gasteiger partial charge >= 0.3 is 0 Å². The number of amides is 3. The van der Waals surface area contributed by atoms with Gasteiger partial charge in [0, 0.05) is 11.8 Å². The smallest absolute Gasteiger partial charge is 0.262 e. The molecular weight excluding hydrogens is 408 g/mol. The summed E-state index contributed by atoms with van der Waals surface area (Å²) >= 11 is 0. The Morgan fingerprint density at radius 3 is 2.19 bits per heavy atom. The maximum Gasteiger partial charge on any atom is 0.262 e. The molecule has 7 heteroatoms. The van der Waals surface area contributed by atoms with Crippen LogP contribution in [0.1, 0.15) is 60.2 Å². The highest BCUT2D eigenvalue weighted by molar-refractivity contribution is 6.23. The first kappa shape index (κ1) is 21.9. The van der Waals surface area contributed by atoms with Crippen molar-refractivity contribution in [1.82, 2.24) is 4.90 Å². The average molecular weight is 437 g/mol. The summed E-state index contributed by atoms with van der Waals surface area (Å²) in [4.78, 5) is 40.2. The Morgan fingerprint density at radius 1 is 1.00 bits per heavy atom. The summed E-state index contributed by atoms with van der Waals surface area (Å²) in [6.45, 7) is 3.63. The molecule has 0 aromatic heterocycles. The quantitative estimate of drug-likeness (QED) is 0.655. The van der Waals surface area contributed by atoms with Gasteiger partial charge in [0.2, 0.25) is 5.91 Å². The fraction of sp³-hybridized carbons (Fsp3) is 0.400. The Kier molecular flexibility index (Phi) is 6.17. The fourth-order valence-electron chi connectivity index (χ4n) is 4.43. The van der Waals surface area contributed by atoms with Crippen molar-refractivity contribution in [3.05, 3.63) is 53.6 Å². The van der Waals surface area contributed by atoms with E-state index in [1.165, 1.54) is 0 Å². The molecule has 0 bridgehead atoms. The summed E-state index contributed by atoms with van der Waals surface area (Å²) in [6, 6.07) is 10.9. The van der Waals surface area contributed by atoms with Crippen molar-refractivity contribution in [1.29, 1.82) is 0 Å². The number of fused-ring (bicyclic) bond motifs is 1. The Hall–Kier alpha value is -3.35.